The van der Waals surface area contributed by atoms with Crippen molar-refractivity contribution in [2.24, 2.45) is 0 Å². The standard InChI is InChI=1S/C20H20FN/c1-14(17-11-10-16-5-3-6-18(16)13-17)8-9-15(2)20-19(21)7-4-12-22-20/h4,7,10-13H,1-3,5-6,8-9H2. The summed E-state index contributed by atoms with van der Waals surface area (Å²) in [5.74, 6) is -0.310. The molecule has 0 atom stereocenters. The topological polar surface area (TPSA) is 12.9 Å². The Morgan fingerprint density at radius 2 is 1.82 bits per heavy atom. The van der Waals surface area contributed by atoms with E-state index in [9.17, 15) is 4.39 Å². The highest BCUT2D eigenvalue weighted by Crippen LogP contribution is 2.29. The second-order valence-electron chi connectivity index (χ2n) is 5.88. The Kier molecular flexibility index (Phi) is 4.19. The van der Waals surface area contributed by atoms with E-state index in [2.05, 4.69) is 36.3 Å². The van der Waals surface area contributed by atoms with E-state index in [1.807, 2.05) is 0 Å². The van der Waals surface area contributed by atoms with Gasteiger partial charge >= 0.3 is 0 Å². The van der Waals surface area contributed by atoms with Gasteiger partial charge in [0.2, 0.25) is 0 Å². The van der Waals surface area contributed by atoms with Crippen LogP contribution in [0.5, 0.6) is 0 Å². The van der Waals surface area contributed by atoms with Gasteiger partial charge in [0.15, 0.2) is 0 Å². The molecule has 2 heteroatoms. The number of benzene rings is 1. The first kappa shape index (κ1) is 14.7. The second-order valence-corrected chi connectivity index (χ2v) is 5.88. The fourth-order valence-corrected chi connectivity index (χ4v) is 3.00. The van der Waals surface area contributed by atoms with Gasteiger partial charge in [-0.2, -0.15) is 0 Å². The summed E-state index contributed by atoms with van der Waals surface area (Å²) in [4.78, 5) is 4.07. The molecule has 1 heterocycles. The molecule has 0 aliphatic heterocycles. The van der Waals surface area contributed by atoms with Crippen LogP contribution in [-0.2, 0) is 12.8 Å². The maximum atomic E-state index is 13.7. The predicted molar refractivity (Wildman–Crippen MR) is 90.0 cm³/mol. The smallest absolute Gasteiger partial charge is 0.149 e. The Bertz CT molecular complexity index is 730. The maximum absolute atomic E-state index is 13.7. The summed E-state index contributed by atoms with van der Waals surface area (Å²) < 4.78 is 13.7. The average Bonchev–Trinajstić information content (AvgIpc) is 3.00. The molecule has 0 saturated carbocycles. The van der Waals surface area contributed by atoms with Gasteiger partial charge in [0.25, 0.3) is 0 Å². The van der Waals surface area contributed by atoms with Crippen molar-refractivity contribution in [3.05, 3.63) is 77.9 Å². The first-order valence-corrected chi connectivity index (χ1v) is 7.74. The molecule has 1 aromatic carbocycles. The molecular formula is C20H20FN. The van der Waals surface area contributed by atoms with E-state index in [-0.39, 0.29) is 5.82 Å². The van der Waals surface area contributed by atoms with Crippen LogP contribution in [-0.4, -0.2) is 4.98 Å². The zero-order chi connectivity index (χ0) is 15.5. The van der Waals surface area contributed by atoms with Crippen molar-refractivity contribution in [2.45, 2.75) is 32.1 Å². The highest BCUT2D eigenvalue weighted by Gasteiger charge is 2.12. The quantitative estimate of drug-likeness (QED) is 0.737. The third-order valence-electron chi connectivity index (χ3n) is 4.33. The Balaban J connectivity index is 1.65. The van der Waals surface area contributed by atoms with Crippen molar-refractivity contribution in [1.82, 2.24) is 4.98 Å². The molecule has 0 unspecified atom stereocenters. The van der Waals surface area contributed by atoms with E-state index in [0.29, 0.717) is 12.1 Å². The molecule has 112 valence electrons. The third kappa shape index (κ3) is 3.01. The molecule has 0 amide bonds. The fourth-order valence-electron chi connectivity index (χ4n) is 3.00. The number of hydrogen-bond donors (Lipinski definition) is 0. The van der Waals surface area contributed by atoms with Crippen LogP contribution in [0.2, 0.25) is 0 Å². The molecule has 22 heavy (non-hydrogen) atoms. The minimum Gasteiger partial charge on any atom is -0.254 e. The van der Waals surface area contributed by atoms with Gasteiger partial charge in [0, 0.05) is 6.20 Å². The molecular weight excluding hydrogens is 273 g/mol. The van der Waals surface area contributed by atoms with E-state index in [4.69, 9.17) is 0 Å². The summed E-state index contributed by atoms with van der Waals surface area (Å²) in [5.41, 5.74) is 6.27. The van der Waals surface area contributed by atoms with E-state index >= 15 is 0 Å². The number of aryl methyl sites for hydroxylation is 2. The fraction of sp³-hybridized carbons (Fsp3) is 0.250. The van der Waals surface area contributed by atoms with E-state index < -0.39 is 0 Å². The van der Waals surface area contributed by atoms with Crippen LogP contribution in [0.25, 0.3) is 11.1 Å². The summed E-state index contributed by atoms with van der Waals surface area (Å²) in [5, 5.41) is 0. The minimum absolute atomic E-state index is 0.310. The first-order chi connectivity index (χ1) is 10.6. The van der Waals surface area contributed by atoms with E-state index in [1.54, 1.807) is 12.3 Å². The molecule has 0 fully saturated rings. The van der Waals surface area contributed by atoms with Crippen molar-refractivity contribution in [1.29, 1.82) is 0 Å². The highest BCUT2D eigenvalue weighted by molar-refractivity contribution is 5.68. The SMILES string of the molecule is C=C(CCC(=C)c1ncccc1F)c1ccc2c(c1)CCC2. The first-order valence-electron chi connectivity index (χ1n) is 7.74. The molecule has 1 aromatic heterocycles. The van der Waals surface area contributed by atoms with Gasteiger partial charge in [-0.05, 0) is 72.1 Å². The third-order valence-corrected chi connectivity index (χ3v) is 4.33. The Morgan fingerprint density at radius 1 is 1.05 bits per heavy atom. The molecule has 0 N–H and O–H groups in total. The summed E-state index contributed by atoms with van der Waals surface area (Å²) in [6, 6.07) is 9.64. The van der Waals surface area contributed by atoms with Gasteiger partial charge < -0.3 is 0 Å². The Hall–Kier alpha value is -2.22. The molecule has 0 saturated heterocycles. The number of hydrogen-bond acceptors (Lipinski definition) is 1. The van der Waals surface area contributed by atoms with Gasteiger partial charge in [0.05, 0.1) is 0 Å². The van der Waals surface area contributed by atoms with Crippen molar-refractivity contribution < 1.29 is 4.39 Å². The Labute approximate surface area is 131 Å². The molecule has 0 radical (unpaired) electrons. The lowest BCUT2D eigenvalue weighted by Gasteiger charge is -2.10. The van der Waals surface area contributed by atoms with Crippen LogP contribution in [0.1, 0.15) is 41.6 Å². The predicted octanol–water partition coefficient (Wildman–Crippen LogP) is 5.22. The Morgan fingerprint density at radius 3 is 2.64 bits per heavy atom. The maximum Gasteiger partial charge on any atom is 0.149 e. The molecule has 0 bridgehead atoms. The molecule has 3 rings (SSSR count). The number of fused-ring (bicyclic) bond motifs is 1. The largest absolute Gasteiger partial charge is 0.254 e. The number of rotatable bonds is 5. The summed E-state index contributed by atoms with van der Waals surface area (Å²) in [6.07, 6.45) is 6.65. The van der Waals surface area contributed by atoms with Crippen LogP contribution < -0.4 is 0 Å². The monoisotopic (exact) mass is 293 g/mol. The highest BCUT2D eigenvalue weighted by atomic mass is 19.1. The van der Waals surface area contributed by atoms with Gasteiger partial charge in [-0.3, -0.25) is 4.98 Å². The van der Waals surface area contributed by atoms with Crippen molar-refractivity contribution in [3.8, 4) is 0 Å². The van der Waals surface area contributed by atoms with Crippen LogP contribution in [0.4, 0.5) is 4.39 Å². The van der Waals surface area contributed by atoms with Gasteiger partial charge in [-0.1, -0.05) is 31.4 Å². The average molecular weight is 293 g/mol. The molecule has 1 nitrogen and oxygen atoms in total. The van der Waals surface area contributed by atoms with Gasteiger partial charge in [-0.15, -0.1) is 0 Å². The molecule has 1 aliphatic carbocycles. The summed E-state index contributed by atoms with van der Waals surface area (Å²) >= 11 is 0. The zero-order valence-corrected chi connectivity index (χ0v) is 12.7. The number of aromatic nitrogens is 1. The lowest BCUT2D eigenvalue weighted by Crippen LogP contribution is -1.94. The van der Waals surface area contributed by atoms with Crippen LogP contribution in [0.15, 0.2) is 49.7 Å². The van der Waals surface area contributed by atoms with E-state index in [1.165, 1.54) is 42.0 Å². The number of pyridine rings is 1. The minimum atomic E-state index is -0.310. The van der Waals surface area contributed by atoms with Crippen LogP contribution >= 0.6 is 0 Å². The van der Waals surface area contributed by atoms with E-state index in [0.717, 1.165) is 17.6 Å². The van der Waals surface area contributed by atoms with Crippen molar-refractivity contribution >= 4 is 11.1 Å². The van der Waals surface area contributed by atoms with Gasteiger partial charge in [0.1, 0.15) is 11.5 Å². The van der Waals surface area contributed by atoms with Crippen molar-refractivity contribution in [3.63, 3.8) is 0 Å². The summed E-state index contributed by atoms with van der Waals surface area (Å²) in [6.45, 7) is 8.15. The number of halogens is 1. The van der Waals surface area contributed by atoms with Gasteiger partial charge in [-0.25, -0.2) is 4.39 Å². The van der Waals surface area contributed by atoms with Crippen LogP contribution in [0.3, 0.4) is 0 Å². The number of nitrogens with zero attached hydrogens (tertiary/aromatic N) is 1. The van der Waals surface area contributed by atoms with Crippen LogP contribution in [0, 0.1) is 5.82 Å². The normalized spacial score (nSPS) is 13.0. The zero-order valence-electron chi connectivity index (χ0n) is 12.7. The second kappa shape index (κ2) is 6.27. The van der Waals surface area contributed by atoms with Crippen molar-refractivity contribution in [2.75, 3.05) is 0 Å². The lowest BCUT2D eigenvalue weighted by molar-refractivity contribution is 0.615. The number of allylic oxidation sites excluding steroid dienone is 2. The molecule has 2 aromatic rings. The molecule has 0 spiro atoms. The lowest BCUT2D eigenvalue weighted by atomic mass is 9.96. The summed E-state index contributed by atoms with van der Waals surface area (Å²) in [7, 11) is 0. The molecule has 1 aliphatic rings.